The Hall–Kier alpha value is -0.960. The largest absolute Gasteiger partial charge is 0.316 e. The van der Waals surface area contributed by atoms with Gasteiger partial charge in [-0.2, -0.15) is 0 Å². The van der Waals surface area contributed by atoms with Crippen LogP contribution in [0.25, 0.3) is 0 Å². The molecule has 1 fully saturated rings. The highest BCUT2D eigenvalue weighted by Gasteiger charge is 2.17. The van der Waals surface area contributed by atoms with Crippen LogP contribution in [-0.4, -0.2) is 18.1 Å². The Kier molecular flexibility index (Phi) is 2.04. The molecule has 0 unspecified atom stereocenters. The van der Waals surface area contributed by atoms with Gasteiger partial charge in [-0.3, -0.25) is 4.98 Å². The molecule has 0 amide bonds. The van der Waals surface area contributed by atoms with Gasteiger partial charge < -0.3 is 5.32 Å². The van der Waals surface area contributed by atoms with Crippen molar-refractivity contribution in [3.05, 3.63) is 29.8 Å². The number of pyridine rings is 1. The third kappa shape index (κ3) is 1.61. The Morgan fingerprint density at radius 1 is 1.50 bits per heavy atom. The van der Waals surface area contributed by atoms with Gasteiger partial charge in [0.2, 0.25) is 0 Å². The van der Waals surface area contributed by atoms with Crippen LogP contribution >= 0.6 is 0 Å². The molecule has 1 N–H and O–H groups in total. The summed E-state index contributed by atoms with van der Waals surface area (Å²) in [5.41, 5.74) is 0.989. The predicted molar refractivity (Wildman–Crippen MR) is 44.3 cm³/mol. The van der Waals surface area contributed by atoms with Crippen molar-refractivity contribution in [1.82, 2.24) is 10.3 Å². The molecule has 12 heavy (non-hydrogen) atoms. The minimum atomic E-state index is -0.259. The summed E-state index contributed by atoms with van der Waals surface area (Å²) < 4.78 is 12.4. The van der Waals surface area contributed by atoms with Crippen LogP contribution in [0.15, 0.2) is 18.3 Å². The van der Waals surface area contributed by atoms with E-state index >= 15 is 0 Å². The maximum absolute atomic E-state index is 12.4. The van der Waals surface area contributed by atoms with Gasteiger partial charge in [-0.15, -0.1) is 0 Å². The smallest absolute Gasteiger partial charge is 0.141 e. The highest BCUT2D eigenvalue weighted by molar-refractivity contribution is 5.06. The van der Waals surface area contributed by atoms with E-state index in [0.29, 0.717) is 5.92 Å². The first kappa shape index (κ1) is 7.68. The minimum absolute atomic E-state index is 0.259. The van der Waals surface area contributed by atoms with Gasteiger partial charge in [0, 0.05) is 5.69 Å². The van der Waals surface area contributed by atoms with E-state index in [1.165, 1.54) is 12.3 Å². The first-order valence-electron chi connectivity index (χ1n) is 4.16. The van der Waals surface area contributed by atoms with Crippen LogP contribution in [0.4, 0.5) is 4.39 Å². The van der Waals surface area contributed by atoms with Crippen molar-refractivity contribution in [2.45, 2.75) is 6.42 Å². The third-order valence-electron chi connectivity index (χ3n) is 2.15. The summed E-state index contributed by atoms with van der Waals surface area (Å²) in [6.07, 6.45) is 2.24. The van der Waals surface area contributed by atoms with E-state index in [-0.39, 0.29) is 5.82 Å². The van der Waals surface area contributed by atoms with Crippen molar-refractivity contribution < 1.29 is 4.39 Å². The van der Waals surface area contributed by atoms with Gasteiger partial charge in [-0.05, 0) is 37.6 Å². The van der Waals surface area contributed by atoms with E-state index in [0.717, 1.165) is 25.2 Å². The van der Waals surface area contributed by atoms with Crippen molar-refractivity contribution in [2.24, 2.45) is 5.92 Å². The van der Waals surface area contributed by atoms with Gasteiger partial charge in [0.1, 0.15) is 5.82 Å². The lowest BCUT2D eigenvalue weighted by Gasteiger charge is -2.26. The Labute approximate surface area is 70.8 Å². The second-order valence-electron chi connectivity index (χ2n) is 3.20. The van der Waals surface area contributed by atoms with Crippen LogP contribution in [0.2, 0.25) is 0 Å². The highest BCUT2D eigenvalue weighted by Crippen LogP contribution is 2.10. The average Bonchev–Trinajstić information content (AvgIpc) is 2.00. The molecule has 2 nitrogen and oxygen atoms in total. The first-order chi connectivity index (χ1) is 5.84. The fourth-order valence-electron chi connectivity index (χ4n) is 1.32. The summed E-state index contributed by atoms with van der Waals surface area (Å²) in [6.45, 7) is 2.14. The molecule has 2 rings (SSSR count). The van der Waals surface area contributed by atoms with Crippen molar-refractivity contribution in [2.75, 3.05) is 13.1 Å². The van der Waals surface area contributed by atoms with Crippen LogP contribution in [0, 0.1) is 11.7 Å². The number of nitrogens with one attached hydrogen (secondary N) is 1. The monoisotopic (exact) mass is 166 g/mol. The highest BCUT2D eigenvalue weighted by atomic mass is 19.1. The zero-order chi connectivity index (χ0) is 8.39. The molecule has 0 saturated carbocycles. The van der Waals surface area contributed by atoms with E-state index in [9.17, 15) is 4.39 Å². The van der Waals surface area contributed by atoms with E-state index in [2.05, 4.69) is 10.3 Å². The maximum Gasteiger partial charge on any atom is 0.141 e. The Balaban J connectivity index is 1.98. The molecule has 0 aliphatic carbocycles. The second kappa shape index (κ2) is 3.19. The topological polar surface area (TPSA) is 24.9 Å². The average molecular weight is 166 g/mol. The quantitative estimate of drug-likeness (QED) is 0.708. The Morgan fingerprint density at radius 2 is 2.33 bits per heavy atom. The number of hydrogen-bond donors (Lipinski definition) is 1. The summed E-state index contributed by atoms with van der Waals surface area (Å²) >= 11 is 0. The maximum atomic E-state index is 12.4. The number of hydrogen-bond acceptors (Lipinski definition) is 2. The molecule has 1 aliphatic rings. The molecule has 0 radical (unpaired) electrons. The van der Waals surface area contributed by atoms with E-state index in [1.54, 1.807) is 6.07 Å². The molecule has 1 aromatic rings. The van der Waals surface area contributed by atoms with Crippen molar-refractivity contribution in [1.29, 1.82) is 0 Å². The fraction of sp³-hybridized carbons (Fsp3) is 0.444. The summed E-state index contributed by atoms with van der Waals surface area (Å²) in [4.78, 5) is 4.00. The van der Waals surface area contributed by atoms with Gasteiger partial charge in [-0.1, -0.05) is 0 Å². The van der Waals surface area contributed by atoms with Crippen LogP contribution < -0.4 is 5.32 Å². The fourth-order valence-corrected chi connectivity index (χ4v) is 1.32. The normalized spacial score (nSPS) is 17.4. The lowest BCUT2D eigenvalue weighted by molar-refractivity contribution is 0.344. The molecule has 0 aromatic carbocycles. The number of nitrogens with zero attached hydrogens (tertiary/aromatic N) is 1. The van der Waals surface area contributed by atoms with Crippen LogP contribution in [-0.2, 0) is 6.42 Å². The minimum Gasteiger partial charge on any atom is -0.316 e. The van der Waals surface area contributed by atoms with E-state index in [4.69, 9.17) is 0 Å². The van der Waals surface area contributed by atoms with Crippen LogP contribution in [0.3, 0.4) is 0 Å². The molecule has 1 aliphatic heterocycles. The second-order valence-corrected chi connectivity index (χ2v) is 3.20. The Morgan fingerprint density at radius 3 is 2.83 bits per heavy atom. The molecule has 1 saturated heterocycles. The lowest BCUT2D eigenvalue weighted by Crippen LogP contribution is -2.43. The van der Waals surface area contributed by atoms with Crippen molar-refractivity contribution in [3.8, 4) is 0 Å². The van der Waals surface area contributed by atoms with Crippen molar-refractivity contribution >= 4 is 0 Å². The van der Waals surface area contributed by atoms with Crippen LogP contribution in [0.5, 0.6) is 0 Å². The molecule has 0 spiro atoms. The zero-order valence-corrected chi connectivity index (χ0v) is 6.76. The number of rotatable bonds is 2. The van der Waals surface area contributed by atoms with Gasteiger partial charge in [0.05, 0.1) is 6.20 Å². The van der Waals surface area contributed by atoms with Crippen molar-refractivity contribution in [3.63, 3.8) is 0 Å². The molecule has 64 valence electrons. The summed E-state index contributed by atoms with van der Waals surface area (Å²) in [6, 6.07) is 3.22. The van der Waals surface area contributed by atoms with Gasteiger partial charge in [0.25, 0.3) is 0 Å². The number of aromatic nitrogens is 1. The first-order valence-corrected chi connectivity index (χ1v) is 4.16. The van der Waals surface area contributed by atoms with Gasteiger partial charge >= 0.3 is 0 Å². The SMILES string of the molecule is Fc1ccc(CC2CNC2)nc1. The summed E-state index contributed by atoms with van der Waals surface area (Å²) in [7, 11) is 0. The van der Waals surface area contributed by atoms with Crippen LogP contribution in [0.1, 0.15) is 5.69 Å². The molecule has 0 bridgehead atoms. The predicted octanol–water partition coefficient (Wildman–Crippen LogP) is 0.983. The van der Waals surface area contributed by atoms with E-state index < -0.39 is 0 Å². The standard InChI is InChI=1S/C9H11FN2/c10-8-1-2-9(12-6-8)3-7-4-11-5-7/h1-2,6-7,11H,3-5H2. The molecular formula is C9H11FN2. The third-order valence-corrected chi connectivity index (χ3v) is 2.15. The van der Waals surface area contributed by atoms with Gasteiger partial charge in [-0.25, -0.2) is 4.39 Å². The lowest BCUT2D eigenvalue weighted by atomic mass is 9.97. The van der Waals surface area contributed by atoms with E-state index in [1.807, 2.05) is 0 Å². The molecule has 0 atom stereocenters. The summed E-state index contributed by atoms with van der Waals surface area (Å²) in [5, 5.41) is 3.19. The molecule has 3 heteroatoms. The number of halogens is 1. The molecular weight excluding hydrogens is 155 g/mol. The van der Waals surface area contributed by atoms with Gasteiger partial charge in [0.15, 0.2) is 0 Å². The zero-order valence-electron chi connectivity index (χ0n) is 6.76. The molecule has 2 heterocycles. The Bertz CT molecular complexity index is 254. The molecule has 1 aromatic heterocycles. The summed E-state index contributed by atoms with van der Waals surface area (Å²) in [5.74, 6) is 0.438.